The smallest absolute Gasteiger partial charge is 0.167 e. The molecule has 0 unspecified atom stereocenters. The van der Waals surface area contributed by atoms with Crippen LogP contribution in [-0.4, -0.2) is 24.5 Å². The molecule has 1 aromatic rings. The topological polar surface area (TPSA) is 61.5 Å². The van der Waals surface area contributed by atoms with E-state index < -0.39 is 5.82 Å². The maximum Gasteiger partial charge on any atom is 0.167 e. The predicted molar refractivity (Wildman–Crippen MR) is 64.2 cm³/mol. The largest absolute Gasteiger partial charge is 0.490 e. The van der Waals surface area contributed by atoms with E-state index in [9.17, 15) is 9.18 Å². The van der Waals surface area contributed by atoms with Crippen LogP contribution in [0.25, 0.3) is 0 Å². The summed E-state index contributed by atoms with van der Waals surface area (Å²) in [6.07, 6.45) is 1.60. The first kappa shape index (κ1) is 12.8. The Morgan fingerprint density at radius 2 is 2.06 bits per heavy atom. The van der Waals surface area contributed by atoms with Gasteiger partial charge in [-0.2, -0.15) is 0 Å². The average molecular weight is 253 g/mol. The lowest BCUT2D eigenvalue weighted by Crippen LogP contribution is -2.43. The first-order chi connectivity index (χ1) is 8.52. The van der Waals surface area contributed by atoms with Crippen molar-refractivity contribution in [2.45, 2.75) is 31.9 Å². The van der Waals surface area contributed by atoms with Gasteiger partial charge in [0.15, 0.2) is 5.78 Å². The summed E-state index contributed by atoms with van der Waals surface area (Å²) in [5.41, 5.74) is 5.65. The third-order valence-corrected chi connectivity index (χ3v) is 2.72. The van der Waals surface area contributed by atoms with Crippen molar-refractivity contribution in [3.63, 3.8) is 0 Å². The minimum atomic E-state index is -0.449. The first-order valence-corrected chi connectivity index (χ1v) is 5.88. The average Bonchev–Trinajstić information content (AvgIpc) is 2.23. The fourth-order valence-electron chi connectivity index (χ4n) is 1.77. The fraction of sp³-hybridized carbons (Fsp3) is 0.462. The second kappa shape index (κ2) is 5.35. The number of hydrogen-bond donors (Lipinski definition) is 1. The van der Waals surface area contributed by atoms with Gasteiger partial charge in [-0.1, -0.05) is 0 Å². The van der Waals surface area contributed by atoms with Gasteiger partial charge in [-0.15, -0.1) is 0 Å². The Hall–Kier alpha value is -1.62. The number of rotatable bonds is 5. The van der Waals surface area contributed by atoms with Crippen LogP contribution in [0.1, 0.15) is 19.8 Å². The Bertz CT molecular complexity index is 444. The Labute approximate surface area is 105 Å². The molecule has 0 bridgehead atoms. The van der Waals surface area contributed by atoms with Crippen molar-refractivity contribution in [2.24, 2.45) is 5.73 Å². The minimum absolute atomic E-state index is 0.0439. The summed E-state index contributed by atoms with van der Waals surface area (Å²) in [5, 5.41) is 0. The first-order valence-electron chi connectivity index (χ1n) is 5.88. The van der Waals surface area contributed by atoms with E-state index in [1.165, 1.54) is 19.1 Å². The van der Waals surface area contributed by atoms with E-state index in [0.29, 0.717) is 11.5 Å². The third kappa shape index (κ3) is 3.43. The van der Waals surface area contributed by atoms with Crippen LogP contribution < -0.4 is 15.2 Å². The van der Waals surface area contributed by atoms with E-state index in [-0.39, 0.29) is 24.5 Å². The van der Waals surface area contributed by atoms with Crippen LogP contribution in [0, 0.1) is 5.82 Å². The highest BCUT2D eigenvalue weighted by Gasteiger charge is 2.27. The van der Waals surface area contributed by atoms with Crippen molar-refractivity contribution >= 4 is 5.78 Å². The molecule has 0 radical (unpaired) electrons. The van der Waals surface area contributed by atoms with Crippen molar-refractivity contribution in [3.05, 3.63) is 24.0 Å². The van der Waals surface area contributed by atoms with Crippen LogP contribution in [0.5, 0.6) is 11.5 Å². The van der Waals surface area contributed by atoms with E-state index in [2.05, 4.69) is 0 Å². The van der Waals surface area contributed by atoms with Crippen LogP contribution >= 0.6 is 0 Å². The van der Waals surface area contributed by atoms with E-state index in [4.69, 9.17) is 15.2 Å². The number of benzene rings is 1. The number of ether oxygens (including phenoxy) is 2. The zero-order valence-corrected chi connectivity index (χ0v) is 10.2. The highest BCUT2D eigenvalue weighted by Crippen LogP contribution is 2.28. The van der Waals surface area contributed by atoms with E-state index in [1.54, 1.807) is 6.07 Å². The van der Waals surface area contributed by atoms with Gasteiger partial charge in [-0.05, 0) is 19.8 Å². The second-order valence-corrected chi connectivity index (χ2v) is 4.58. The molecule has 1 aromatic carbocycles. The molecule has 0 heterocycles. The van der Waals surface area contributed by atoms with E-state index >= 15 is 0 Å². The SMILES string of the molecule is CC(=O)COc1cc(F)cc(OC2CC(N)C2)c1. The molecule has 4 nitrogen and oxygen atoms in total. The second-order valence-electron chi connectivity index (χ2n) is 4.58. The monoisotopic (exact) mass is 253 g/mol. The highest BCUT2D eigenvalue weighted by atomic mass is 19.1. The molecule has 2 N–H and O–H groups in total. The van der Waals surface area contributed by atoms with Gasteiger partial charge in [-0.3, -0.25) is 4.79 Å². The molecule has 5 heteroatoms. The summed E-state index contributed by atoms with van der Waals surface area (Å²) in [7, 11) is 0. The van der Waals surface area contributed by atoms with Crippen LogP contribution in [0.15, 0.2) is 18.2 Å². The Balaban J connectivity index is 1.99. The number of carbonyl (C=O) groups is 1. The molecule has 0 aliphatic heterocycles. The number of hydrogen-bond acceptors (Lipinski definition) is 4. The van der Waals surface area contributed by atoms with Crippen LogP contribution in [0.3, 0.4) is 0 Å². The summed E-state index contributed by atoms with van der Waals surface area (Å²) >= 11 is 0. The molecular formula is C13H16FNO3. The molecule has 2 rings (SSSR count). The third-order valence-electron chi connectivity index (χ3n) is 2.72. The summed E-state index contributed by atoms with van der Waals surface area (Å²) in [4.78, 5) is 10.8. The number of nitrogens with two attached hydrogens (primary N) is 1. The van der Waals surface area contributed by atoms with Gasteiger partial charge in [0, 0.05) is 24.2 Å². The summed E-state index contributed by atoms with van der Waals surface area (Å²) in [6.45, 7) is 1.34. The van der Waals surface area contributed by atoms with E-state index in [0.717, 1.165) is 12.8 Å². The molecule has 0 spiro atoms. The van der Waals surface area contributed by atoms with Gasteiger partial charge in [0.1, 0.15) is 30.0 Å². The van der Waals surface area contributed by atoms with Gasteiger partial charge in [-0.25, -0.2) is 4.39 Å². The van der Waals surface area contributed by atoms with Crippen LogP contribution in [0.4, 0.5) is 4.39 Å². The number of ketones is 1. The van der Waals surface area contributed by atoms with Crippen LogP contribution in [0.2, 0.25) is 0 Å². The van der Waals surface area contributed by atoms with Gasteiger partial charge >= 0.3 is 0 Å². The maximum atomic E-state index is 13.3. The molecule has 18 heavy (non-hydrogen) atoms. The maximum absolute atomic E-state index is 13.3. The zero-order chi connectivity index (χ0) is 13.1. The molecule has 1 fully saturated rings. The number of halogens is 1. The summed E-state index contributed by atoms with van der Waals surface area (Å²) in [5.74, 6) is 0.135. The lowest BCUT2D eigenvalue weighted by atomic mass is 9.90. The Kier molecular flexibility index (Phi) is 3.81. The van der Waals surface area contributed by atoms with Crippen LogP contribution in [-0.2, 0) is 4.79 Å². The van der Waals surface area contributed by atoms with Crippen molar-refractivity contribution in [1.29, 1.82) is 0 Å². The number of carbonyl (C=O) groups excluding carboxylic acids is 1. The summed E-state index contributed by atoms with van der Waals surface area (Å²) in [6, 6.07) is 4.28. The van der Waals surface area contributed by atoms with Gasteiger partial charge < -0.3 is 15.2 Å². The molecule has 0 aromatic heterocycles. The molecule has 0 saturated heterocycles. The fourth-order valence-corrected chi connectivity index (χ4v) is 1.77. The van der Waals surface area contributed by atoms with Gasteiger partial charge in [0.05, 0.1) is 0 Å². The molecule has 1 saturated carbocycles. The van der Waals surface area contributed by atoms with E-state index in [1.807, 2.05) is 0 Å². The lowest BCUT2D eigenvalue weighted by molar-refractivity contribution is -0.118. The molecule has 1 aliphatic rings. The Morgan fingerprint density at radius 3 is 2.67 bits per heavy atom. The lowest BCUT2D eigenvalue weighted by Gasteiger charge is -2.32. The molecule has 98 valence electrons. The van der Waals surface area contributed by atoms with Gasteiger partial charge in [0.25, 0.3) is 0 Å². The molecular weight excluding hydrogens is 237 g/mol. The molecule has 0 atom stereocenters. The van der Waals surface area contributed by atoms with Crippen molar-refractivity contribution in [2.75, 3.05) is 6.61 Å². The number of Topliss-reactive ketones (excluding diaryl/α,β-unsaturated/α-hetero) is 1. The molecule has 1 aliphatic carbocycles. The predicted octanol–water partition coefficient (Wildman–Crippen LogP) is 1.66. The zero-order valence-electron chi connectivity index (χ0n) is 10.2. The molecule has 0 amide bonds. The summed E-state index contributed by atoms with van der Waals surface area (Å²) < 4.78 is 24.0. The highest BCUT2D eigenvalue weighted by molar-refractivity contribution is 5.77. The van der Waals surface area contributed by atoms with Gasteiger partial charge in [0.2, 0.25) is 0 Å². The van der Waals surface area contributed by atoms with Crippen molar-refractivity contribution in [1.82, 2.24) is 0 Å². The standard InChI is InChI=1S/C13H16FNO3/c1-8(16)7-17-11-2-9(14)3-12(6-11)18-13-4-10(15)5-13/h2-3,6,10,13H,4-5,7,15H2,1H3. The Morgan fingerprint density at radius 1 is 1.39 bits per heavy atom. The van der Waals surface area contributed by atoms with Crippen molar-refractivity contribution in [3.8, 4) is 11.5 Å². The quantitative estimate of drug-likeness (QED) is 0.867. The van der Waals surface area contributed by atoms with Crippen molar-refractivity contribution < 1.29 is 18.7 Å². The normalized spacial score (nSPS) is 22.2. The minimum Gasteiger partial charge on any atom is -0.490 e.